The second kappa shape index (κ2) is 29.6. The summed E-state index contributed by atoms with van der Waals surface area (Å²) in [6.07, 6.45) is 10.5. The predicted molar refractivity (Wildman–Crippen MR) is 426 cm³/mol. The van der Waals surface area contributed by atoms with Crippen molar-refractivity contribution in [2.45, 2.75) is 126 Å². The lowest BCUT2D eigenvalue weighted by Gasteiger charge is -2.48. The van der Waals surface area contributed by atoms with E-state index in [4.69, 9.17) is 42.6 Å². The van der Waals surface area contributed by atoms with Crippen LogP contribution in [0.25, 0.3) is 0 Å². The number of hydrogen-bond acceptors (Lipinski definition) is 21. The molecule has 24 rings (SSSR count). The Morgan fingerprint density at radius 2 is 0.713 bits per heavy atom. The quantitative estimate of drug-likeness (QED) is 0.0598. The number of benzene rings is 6. The topological polar surface area (TPSA) is 313 Å². The maximum absolute atomic E-state index is 14.3. The van der Waals surface area contributed by atoms with Crippen molar-refractivity contribution in [3.8, 4) is 34.5 Å². The zero-order valence-electron chi connectivity index (χ0n) is 63.0. The molecule has 21 atom stereocenters. The first-order chi connectivity index (χ1) is 55.6. The zero-order chi connectivity index (χ0) is 79.8. The Balaban J connectivity index is 0.000000115. The molecule has 27 heteroatoms. The molecule has 9 aromatic rings. The number of hydrogen-bond donors (Lipinski definition) is 7. The molecule has 0 spiro atoms. The number of carbonyl (C=O) groups is 3. The van der Waals surface area contributed by atoms with Crippen molar-refractivity contribution in [1.82, 2.24) is 30.1 Å². The van der Waals surface area contributed by atoms with Gasteiger partial charge in [-0.2, -0.15) is 0 Å². The molecule has 12 fully saturated rings. The smallest absolute Gasteiger partial charge is 0.307 e. The van der Waals surface area contributed by atoms with Crippen LogP contribution in [-0.4, -0.2) is 183 Å². The summed E-state index contributed by atoms with van der Waals surface area (Å²) < 4.78 is 56.4. The van der Waals surface area contributed by atoms with Crippen LogP contribution in [0.3, 0.4) is 0 Å². The number of nitrogens with zero attached hydrogens (tertiary/aromatic N) is 5. The number of piperidine rings is 3. The van der Waals surface area contributed by atoms with Crippen LogP contribution in [-0.2, 0) is 62.2 Å². The second-order valence-corrected chi connectivity index (χ2v) is 34.5. The van der Waals surface area contributed by atoms with E-state index in [1.165, 1.54) is 58.7 Å². The standard InChI is InChI=1S/2C29H27BrN2O6.C25H22BrNO5.C5H9NO/c2*1-36-21-12-31-13-22-25(21)28(35)26(33)23(27(34)32-14-19-11-20(15-32)37-19)24(16-5-3-2-4-6-16)29(28,38-22)17-7-9-18(30)10-8-17;1-14-20(23(28)29)21(15-6-4-3-5-7-15)25(16-8-10-17(26)11-9-16)24(14,30)22-18(31-2)12-27-13-19(22)32-25;1-4-2-6-3-5(1)7-4/h2*2-10,12-13,19-20,23-24,26,33,35H,11,14-15H2,1H3;3-14,20-21,30H,1-2H3,(H,28,29);4-6H,1-3H2/t2*19?,20?,23-,24-,26-,28+,29+;14-,20+,21-,24-,25+;/m111./s1. The zero-order valence-corrected chi connectivity index (χ0v) is 67.8. The number of amides is 2. The number of fused-ring (bicyclic) bond motifs is 15. The van der Waals surface area contributed by atoms with Crippen molar-refractivity contribution in [2.24, 2.45) is 23.7 Å². The molecule has 0 radical (unpaired) electrons. The van der Waals surface area contributed by atoms with Crippen molar-refractivity contribution < 1.29 is 87.7 Å². The van der Waals surface area contributed by atoms with Gasteiger partial charge in [-0.1, -0.05) is 182 Å². The number of aliphatic hydroxyl groups is 5. The molecular formula is C88H85Br3N6O18. The molecule has 3 saturated carbocycles. The molecule has 3 aliphatic carbocycles. The van der Waals surface area contributed by atoms with Gasteiger partial charge in [-0.3, -0.25) is 29.3 Å². The number of halogens is 3. The Kier molecular flexibility index (Phi) is 19.9. The summed E-state index contributed by atoms with van der Waals surface area (Å²) in [5, 5.41) is 76.3. The molecule has 12 aliphatic heterocycles. The highest BCUT2D eigenvalue weighted by molar-refractivity contribution is 9.11. The number of morpholine rings is 3. The summed E-state index contributed by atoms with van der Waals surface area (Å²) >= 11 is 10.5. The van der Waals surface area contributed by atoms with Crippen LogP contribution in [0.5, 0.6) is 34.5 Å². The fourth-order valence-electron chi connectivity index (χ4n) is 21.2. The van der Waals surface area contributed by atoms with Crippen molar-refractivity contribution in [2.75, 3.05) is 60.6 Å². The minimum absolute atomic E-state index is 0.0117. The maximum Gasteiger partial charge on any atom is 0.307 e. The highest BCUT2D eigenvalue weighted by Gasteiger charge is 2.81. The number of pyridine rings is 3. The average Bonchev–Trinajstić information content (AvgIpc) is 1.49. The Labute approximate surface area is 688 Å². The average molecular weight is 1750 g/mol. The summed E-state index contributed by atoms with van der Waals surface area (Å²) in [5.41, 5.74) is -4.84. The van der Waals surface area contributed by atoms with E-state index in [0.29, 0.717) is 94.8 Å². The summed E-state index contributed by atoms with van der Waals surface area (Å²) in [7, 11) is 4.47. The van der Waals surface area contributed by atoms with E-state index in [-0.39, 0.29) is 47.7 Å². The van der Waals surface area contributed by atoms with Gasteiger partial charge < -0.3 is 88.4 Å². The summed E-state index contributed by atoms with van der Waals surface area (Å²) in [6, 6.07) is 50.8. The number of rotatable bonds is 12. The van der Waals surface area contributed by atoms with Gasteiger partial charge in [0.15, 0.2) is 28.0 Å². The van der Waals surface area contributed by atoms with Crippen LogP contribution in [0.2, 0.25) is 0 Å². The fraction of sp³-hybridized carbons (Fsp3) is 0.386. The molecule has 6 bridgehead atoms. The monoisotopic (exact) mass is 1750 g/mol. The number of methoxy groups -OCH3 is 3. The van der Waals surface area contributed by atoms with E-state index in [2.05, 4.69) is 68.1 Å². The van der Waals surface area contributed by atoms with Crippen molar-refractivity contribution in [3.63, 3.8) is 0 Å². The fourth-order valence-corrected chi connectivity index (χ4v) is 22.0. The first-order valence-electron chi connectivity index (χ1n) is 38.7. The Hall–Kier alpha value is -8.94. The van der Waals surface area contributed by atoms with Gasteiger partial charge in [0.1, 0.15) is 52.3 Å². The van der Waals surface area contributed by atoms with E-state index >= 15 is 0 Å². The lowest BCUT2D eigenvalue weighted by Crippen LogP contribution is -2.60. The molecule has 596 valence electrons. The number of aliphatic hydroxyl groups excluding tert-OH is 2. The molecule has 15 aliphatic rings. The molecule has 7 N–H and O–H groups in total. The lowest BCUT2D eigenvalue weighted by molar-refractivity contribution is -0.193. The van der Waals surface area contributed by atoms with E-state index in [0.717, 1.165) is 56.0 Å². The van der Waals surface area contributed by atoms with Crippen LogP contribution in [0.15, 0.2) is 214 Å². The number of carboxylic acids is 1. The summed E-state index contributed by atoms with van der Waals surface area (Å²) in [5.74, 6) is -5.16. The summed E-state index contributed by atoms with van der Waals surface area (Å²) in [4.78, 5) is 57.5. The van der Waals surface area contributed by atoms with Gasteiger partial charge in [-0.15, -0.1) is 0 Å². The Bertz CT molecular complexity index is 4930. The van der Waals surface area contributed by atoms with Gasteiger partial charge in [0.2, 0.25) is 11.8 Å². The molecule has 15 heterocycles. The number of ether oxygens (including phenoxy) is 9. The highest BCUT2D eigenvalue weighted by Crippen LogP contribution is 2.74. The largest absolute Gasteiger partial charge is 0.495 e. The van der Waals surface area contributed by atoms with Gasteiger partial charge in [0, 0.05) is 95.6 Å². The van der Waals surface area contributed by atoms with Gasteiger partial charge >= 0.3 is 5.97 Å². The van der Waals surface area contributed by atoms with Gasteiger partial charge in [-0.05, 0) is 69.8 Å². The Morgan fingerprint density at radius 3 is 0.991 bits per heavy atom. The number of carbonyl (C=O) groups excluding carboxylic acids is 2. The van der Waals surface area contributed by atoms with Crippen LogP contribution in [0, 0.1) is 23.7 Å². The Morgan fingerprint density at radius 1 is 0.426 bits per heavy atom. The third-order valence-electron chi connectivity index (χ3n) is 26.0. The first kappa shape index (κ1) is 77.3. The van der Waals surface area contributed by atoms with E-state index < -0.39 is 93.2 Å². The third kappa shape index (κ3) is 11.7. The van der Waals surface area contributed by atoms with Crippen molar-refractivity contribution in [1.29, 1.82) is 0 Å². The predicted octanol–water partition coefficient (Wildman–Crippen LogP) is 10.4. The van der Waals surface area contributed by atoms with E-state index in [1.807, 2.05) is 164 Å². The van der Waals surface area contributed by atoms with Gasteiger partial charge in [0.05, 0.1) is 130 Å². The number of aliphatic carboxylic acids is 1. The molecule has 115 heavy (non-hydrogen) atoms. The van der Waals surface area contributed by atoms with E-state index in [1.54, 1.807) is 22.9 Å². The van der Waals surface area contributed by atoms with Crippen LogP contribution >= 0.6 is 47.8 Å². The first-order valence-corrected chi connectivity index (χ1v) is 41.0. The van der Waals surface area contributed by atoms with Crippen molar-refractivity contribution >= 4 is 65.6 Å². The van der Waals surface area contributed by atoms with Crippen molar-refractivity contribution in [3.05, 3.63) is 264 Å². The number of nitrogens with one attached hydrogen (secondary N) is 1. The van der Waals surface area contributed by atoms with Crippen LogP contribution < -0.4 is 33.7 Å². The normalized spacial score (nSPS) is 34.2. The summed E-state index contributed by atoms with van der Waals surface area (Å²) in [6.45, 7) is 5.80. The van der Waals surface area contributed by atoms with Gasteiger partial charge in [-0.25, -0.2) is 0 Å². The third-order valence-corrected chi connectivity index (χ3v) is 27.6. The molecule has 6 aromatic carbocycles. The molecule has 24 nitrogen and oxygen atoms in total. The van der Waals surface area contributed by atoms with E-state index in [9.17, 15) is 45.0 Å². The molecule has 9 saturated heterocycles. The number of aromatic nitrogens is 3. The molecule has 2 amide bonds. The number of carboxylic acid groups (broad SMARTS) is 1. The lowest BCUT2D eigenvalue weighted by atomic mass is 9.70. The maximum atomic E-state index is 14.3. The molecular weight excluding hydrogens is 1670 g/mol. The minimum Gasteiger partial charge on any atom is -0.495 e. The van der Waals surface area contributed by atoms with Gasteiger partial charge in [0.25, 0.3) is 0 Å². The SMILES string of the molecule is C1NCC2CC1O2.COc1cncc2c1[C@]1(O)[C@H](C)[C@H](C(=O)O)[C@@H](c3ccccc3)[C@]1(c1ccc(Br)cc1)O2.COc1cncc2c1[C@]1(O)[C@H](O)[C@H](C(=O)N3CC4CC(C3)O4)[C@@H](c3ccccc3)[C@]1(c1ccc(Br)cc1)O2.COc1cncc2c1[C@]1(O)[C@H](O)[C@H](C(=O)N3CC4CC(C3)O4)[C@@H](c3ccccc3)[C@]1(c1ccc(Br)cc1)O2. The van der Waals surface area contributed by atoms with Crippen LogP contribution in [0.4, 0.5) is 0 Å². The highest BCUT2D eigenvalue weighted by atomic mass is 79.9. The molecule has 6 unspecified atom stereocenters. The molecule has 3 aromatic heterocycles. The second-order valence-electron chi connectivity index (χ2n) is 31.7. The minimum atomic E-state index is -2.01. The van der Waals surface area contributed by atoms with Crippen LogP contribution in [0.1, 0.15) is 94.0 Å².